The lowest BCUT2D eigenvalue weighted by Gasteiger charge is -2.07. The largest absolute Gasteiger partial charge is 0.497 e. The number of carbonyl (C=O) groups excluding carboxylic acids is 2. The number of halogens is 1. The molecular weight excluding hydrogens is 268 g/mol. The molecule has 0 aliphatic carbocycles. The highest BCUT2D eigenvalue weighted by atomic mass is 35.5. The molecule has 0 atom stereocenters. The third-order valence-electron chi connectivity index (χ3n) is 2.39. The first-order chi connectivity index (χ1) is 9.17. The lowest BCUT2D eigenvalue weighted by atomic mass is 10.2. The number of amides is 2. The van der Waals surface area contributed by atoms with Gasteiger partial charge in [-0.1, -0.05) is 6.07 Å². The Morgan fingerprint density at radius 3 is 2.68 bits per heavy atom. The molecule has 6 heteroatoms. The van der Waals surface area contributed by atoms with E-state index in [2.05, 4.69) is 10.6 Å². The van der Waals surface area contributed by atoms with Gasteiger partial charge in [0.1, 0.15) is 5.75 Å². The van der Waals surface area contributed by atoms with E-state index >= 15 is 0 Å². The summed E-state index contributed by atoms with van der Waals surface area (Å²) in [6.07, 6.45) is 0.283. The second kappa shape index (κ2) is 8.37. The topological polar surface area (TPSA) is 67.4 Å². The maximum absolute atomic E-state index is 11.8. The maximum atomic E-state index is 11.8. The number of nitrogens with one attached hydrogen (secondary N) is 2. The zero-order chi connectivity index (χ0) is 14.1. The van der Waals surface area contributed by atoms with Gasteiger partial charge >= 0.3 is 0 Å². The number of benzene rings is 1. The molecule has 5 nitrogen and oxygen atoms in total. The van der Waals surface area contributed by atoms with Crippen LogP contribution >= 0.6 is 11.6 Å². The highest BCUT2D eigenvalue weighted by Crippen LogP contribution is 2.11. The van der Waals surface area contributed by atoms with Crippen molar-refractivity contribution in [3.63, 3.8) is 0 Å². The zero-order valence-corrected chi connectivity index (χ0v) is 11.5. The van der Waals surface area contributed by atoms with Crippen LogP contribution in [-0.4, -0.2) is 37.9 Å². The SMILES string of the molecule is COc1cccc(C(=O)NCCNC(=O)CCCl)c1. The zero-order valence-electron chi connectivity index (χ0n) is 10.7. The van der Waals surface area contributed by atoms with Crippen LogP contribution in [0.25, 0.3) is 0 Å². The molecule has 0 saturated carbocycles. The molecule has 0 saturated heterocycles. The predicted molar refractivity (Wildman–Crippen MR) is 73.7 cm³/mol. The summed E-state index contributed by atoms with van der Waals surface area (Å²) >= 11 is 5.43. The molecule has 0 spiro atoms. The number of hydrogen-bond donors (Lipinski definition) is 2. The highest BCUT2D eigenvalue weighted by molar-refractivity contribution is 6.18. The van der Waals surface area contributed by atoms with Crippen molar-refractivity contribution in [2.45, 2.75) is 6.42 Å². The van der Waals surface area contributed by atoms with Crippen molar-refractivity contribution in [3.05, 3.63) is 29.8 Å². The molecule has 0 aliphatic heterocycles. The van der Waals surface area contributed by atoms with Crippen molar-refractivity contribution >= 4 is 23.4 Å². The molecule has 1 aromatic rings. The lowest BCUT2D eigenvalue weighted by molar-refractivity contribution is -0.120. The quantitative estimate of drug-likeness (QED) is 0.583. The second-order valence-electron chi connectivity index (χ2n) is 3.78. The molecular formula is C13H17ClN2O3. The molecule has 0 heterocycles. The Morgan fingerprint density at radius 1 is 1.26 bits per heavy atom. The summed E-state index contributed by atoms with van der Waals surface area (Å²) in [7, 11) is 1.55. The van der Waals surface area contributed by atoms with Crippen LogP contribution < -0.4 is 15.4 Å². The van der Waals surface area contributed by atoms with E-state index in [9.17, 15) is 9.59 Å². The Morgan fingerprint density at radius 2 is 2.00 bits per heavy atom. The number of hydrogen-bond acceptors (Lipinski definition) is 3. The summed E-state index contributed by atoms with van der Waals surface area (Å²) in [6, 6.07) is 6.87. The van der Waals surface area contributed by atoms with Gasteiger partial charge in [0.15, 0.2) is 0 Å². The van der Waals surface area contributed by atoms with Gasteiger partial charge < -0.3 is 15.4 Å². The van der Waals surface area contributed by atoms with Gasteiger partial charge in [-0.3, -0.25) is 9.59 Å². The third-order valence-corrected chi connectivity index (χ3v) is 2.58. The molecule has 104 valence electrons. The van der Waals surface area contributed by atoms with E-state index in [-0.39, 0.29) is 18.2 Å². The minimum atomic E-state index is -0.203. The molecule has 0 radical (unpaired) electrons. The molecule has 2 amide bonds. The standard InChI is InChI=1S/C13H17ClN2O3/c1-19-11-4-2-3-10(9-11)13(18)16-8-7-15-12(17)5-6-14/h2-4,9H,5-8H2,1H3,(H,15,17)(H,16,18). The summed E-state index contributed by atoms with van der Waals surface area (Å²) in [5, 5.41) is 5.36. The van der Waals surface area contributed by atoms with Crippen LogP contribution in [-0.2, 0) is 4.79 Å². The van der Waals surface area contributed by atoms with Gasteiger partial charge in [0.05, 0.1) is 7.11 Å². The van der Waals surface area contributed by atoms with Gasteiger partial charge in [-0.05, 0) is 18.2 Å². The predicted octanol–water partition coefficient (Wildman–Crippen LogP) is 1.17. The first-order valence-corrected chi connectivity index (χ1v) is 6.45. The van der Waals surface area contributed by atoms with E-state index < -0.39 is 0 Å². The van der Waals surface area contributed by atoms with Crippen molar-refractivity contribution < 1.29 is 14.3 Å². The minimum Gasteiger partial charge on any atom is -0.497 e. The van der Waals surface area contributed by atoms with Crippen LogP contribution in [0.5, 0.6) is 5.75 Å². The van der Waals surface area contributed by atoms with E-state index in [1.807, 2.05) is 0 Å². The third kappa shape index (κ3) is 5.61. The normalized spacial score (nSPS) is 9.79. The Kier molecular flexibility index (Phi) is 6.74. The summed E-state index contributed by atoms with van der Waals surface area (Å²) in [5.74, 6) is 0.598. The van der Waals surface area contributed by atoms with Crippen molar-refractivity contribution in [1.29, 1.82) is 0 Å². The average molecular weight is 285 g/mol. The van der Waals surface area contributed by atoms with Gasteiger partial charge in [-0.25, -0.2) is 0 Å². The summed E-state index contributed by atoms with van der Waals surface area (Å²) < 4.78 is 5.04. The summed E-state index contributed by atoms with van der Waals surface area (Å²) in [6.45, 7) is 0.746. The Labute approximate surface area is 117 Å². The van der Waals surface area contributed by atoms with Gasteiger partial charge in [-0.15, -0.1) is 11.6 Å². The van der Waals surface area contributed by atoms with Crippen molar-refractivity contribution in [1.82, 2.24) is 10.6 Å². The average Bonchev–Trinajstić information content (AvgIpc) is 2.43. The summed E-state index contributed by atoms with van der Waals surface area (Å²) in [5.41, 5.74) is 0.520. The fraction of sp³-hybridized carbons (Fsp3) is 0.385. The smallest absolute Gasteiger partial charge is 0.251 e. The van der Waals surface area contributed by atoms with Crippen molar-refractivity contribution in [2.75, 3.05) is 26.1 Å². The van der Waals surface area contributed by atoms with Crippen molar-refractivity contribution in [3.8, 4) is 5.75 Å². The maximum Gasteiger partial charge on any atom is 0.251 e. The molecule has 2 N–H and O–H groups in total. The van der Waals surface area contributed by atoms with Crippen LogP contribution in [0, 0.1) is 0 Å². The van der Waals surface area contributed by atoms with E-state index in [4.69, 9.17) is 16.3 Å². The van der Waals surface area contributed by atoms with Gasteiger partial charge in [0.25, 0.3) is 5.91 Å². The second-order valence-corrected chi connectivity index (χ2v) is 4.15. The lowest BCUT2D eigenvalue weighted by Crippen LogP contribution is -2.34. The summed E-state index contributed by atoms with van der Waals surface area (Å²) in [4.78, 5) is 22.9. The first kappa shape index (κ1) is 15.3. The van der Waals surface area contributed by atoms with E-state index in [0.29, 0.717) is 30.3 Å². The van der Waals surface area contributed by atoms with E-state index in [1.54, 1.807) is 31.4 Å². The van der Waals surface area contributed by atoms with Gasteiger partial charge in [0.2, 0.25) is 5.91 Å². The van der Waals surface area contributed by atoms with Crippen LogP contribution in [0.4, 0.5) is 0 Å². The molecule has 0 bridgehead atoms. The van der Waals surface area contributed by atoms with Crippen LogP contribution in [0.3, 0.4) is 0 Å². The molecule has 0 aliphatic rings. The molecule has 19 heavy (non-hydrogen) atoms. The number of carbonyl (C=O) groups is 2. The monoisotopic (exact) mass is 284 g/mol. The fourth-order valence-corrected chi connectivity index (χ4v) is 1.59. The fourth-order valence-electron chi connectivity index (χ4n) is 1.42. The Bertz CT molecular complexity index is 438. The highest BCUT2D eigenvalue weighted by Gasteiger charge is 2.06. The Balaban J connectivity index is 2.33. The Hall–Kier alpha value is -1.75. The minimum absolute atomic E-state index is 0.120. The van der Waals surface area contributed by atoms with E-state index in [0.717, 1.165) is 0 Å². The van der Waals surface area contributed by atoms with E-state index in [1.165, 1.54) is 0 Å². The number of ether oxygens (including phenoxy) is 1. The molecule has 0 aromatic heterocycles. The van der Waals surface area contributed by atoms with Crippen LogP contribution in [0.2, 0.25) is 0 Å². The molecule has 0 fully saturated rings. The van der Waals surface area contributed by atoms with Crippen LogP contribution in [0.15, 0.2) is 24.3 Å². The molecule has 1 rings (SSSR count). The number of alkyl halides is 1. The van der Waals surface area contributed by atoms with Gasteiger partial charge in [0, 0.05) is 31.0 Å². The van der Waals surface area contributed by atoms with Crippen molar-refractivity contribution in [2.24, 2.45) is 0 Å². The first-order valence-electron chi connectivity index (χ1n) is 5.92. The molecule has 0 unspecified atom stereocenters. The van der Waals surface area contributed by atoms with Crippen LogP contribution in [0.1, 0.15) is 16.8 Å². The number of methoxy groups -OCH3 is 1. The number of rotatable bonds is 7. The molecule has 1 aromatic carbocycles. The van der Waals surface area contributed by atoms with Gasteiger partial charge in [-0.2, -0.15) is 0 Å².